The highest BCUT2D eigenvalue weighted by Gasteiger charge is 2.18. The van der Waals surface area contributed by atoms with Gasteiger partial charge in [-0.05, 0) is 30.8 Å². The lowest BCUT2D eigenvalue weighted by Crippen LogP contribution is -2.30. The number of rotatable bonds is 11. The summed E-state index contributed by atoms with van der Waals surface area (Å²) in [4.78, 5) is 26.5. The van der Waals surface area contributed by atoms with Crippen LogP contribution in [0.15, 0.2) is 54.6 Å². The van der Waals surface area contributed by atoms with Gasteiger partial charge in [-0.15, -0.1) is 0 Å². The molecule has 0 saturated heterocycles. The molecule has 0 aliphatic rings. The van der Waals surface area contributed by atoms with E-state index in [2.05, 4.69) is 29.4 Å². The van der Waals surface area contributed by atoms with E-state index in [0.29, 0.717) is 18.0 Å². The Hall–Kier alpha value is -2.86. The Morgan fingerprint density at radius 2 is 1.66 bits per heavy atom. The van der Waals surface area contributed by atoms with Crippen molar-refractivity contribution in [1.82, 2.24) is 10.2 Å². The molecule has 0 saturated carbocycles. The van der Waals surface area contributed by atoms with Gasteiger partial charge in [-0.1, -0.05) is 56.3 Å². The number of benzene rings is 2. The number of carbonyl (C=O) groups is 2. The van der Waals surface area contributed by atoms with E-state index in [0.717, 1.165) is 25.2 Å². The molecule has 0 aromatic heterocycles. The van der Waals surface area contributed by atoms with Crippen LogP contribution < -0.4 is 15.4 Å². The maximum atomic E-state index is 12.7. The lowest BCUT2D eigenvalue weighted by atomic mass is 10.0. The molecule has 29 heavy (non-hydrogen) atoms. The summed E-state index contributed by atoms with van der Waals surface area (Å²) < 4.78 is 5.90. The quantitative estimate of drug-likeness (QED) is 0.608. The maximum absolute atomic E-state index is 12.7. The summed E-state index contributed by atoms with van der Waals surface area (Å²) in [5.41, 5.74) is 1.52. The molecule has 2 rings (SSSR count). The molecule has 0 radical (unpaired) electrons. The lowest BCUT2D eigenvalue weighted by molar-refractivity contribution is -0.120. The van der Waals surface area contributed by atoms with Gasteiger partial charge in [0.1, 0.15) is 12.4 Å². The smallest absolute Gasteiger partial charge is 0.226 e. The maximum Gasteiger partial charge on any atom is 0.226 e. The molecule has 6 nitrogen and oxygen atoms in total. The molecule has 0 aliphatic carbocycles. The molecule has 0 aliphatic heterocycles. The van der Waals surface area contributed by atoms with Gasteiger partial charge in [0, 0.05) is 13.5 Å². The largest absolute Gasteiger partial charge is 0.490 e. The third-order valence-electron chi connectivity index (χ3n) is 4.69. The van der Waals surface area contributed by atoms with Gasteiger partial charge in [0.2, 0.25) is 11.8 Å². The average molecular weight is 398 g/mol. The zero-order valence-electron chi connectivity index (χ0n) is 17.5. The number of hydrogen-bond donors (Lipinski definition) is 2. The molecule has 2 amide bonds. The summed E-state index contributed by atoms with van der Waals surface area (Å²) in [6.07, 6.45) is 0.136. The van der Waals surface area contributed by atoms with Crippen molar-refractivity contribution in [2.24, 2.45) is 0 Å². The normalized spacial score (nSPS) is 11.7. The van der Waals surface area contributed by atoms with Gasteiger partial charge in [0.05, 0.1) is 18.2 Å². The van der Waals surface area contributed by atoms with Gasteiger partial charge >= 0.3 is 0 Å². The van der Waals surface area contributed by atoms with Crippen LogP contribution in [0.3, 0.4) is 0 Å². The van der Waals surface area contributed by atoms with E-state index in [9.17, 15) is 9.59 Å². The van der Waals surface area contributed by atoms with Gasteiger partial charge in [0.15, 0.2) is 0 Å². The van der Waals surface area contributed by atoms with E-state index >= 15 is 0 Å². The van der Waals surface area contributed by atoms with Crippen molar-refractivity contribution in [3.05, 3.63) is 60.2 Å². The lowest BCUT2D eigenvalue weighted by Gasteiger charge is -2.20. The Kier molecular flexibility index (Phi) is 9.18. The Morgan fingerprint density at radius 1 is 1.00 bits per heavy atom. The van der Waals surface area contributed by atoms with Crippen LogP contribution in [0.5, 0.6) is 5.75 Å². The standard InChI is InChI=1S/C23H31N3O3/c1-4-26(5-2)15-16-29-22-14-10-9-13-20(22)25-23(28)17-21(24-18(3)27)19-11-7-6-8-12-19/h6-14,21H,4-5,15-17H2,1-3H3,(H,24,27)(H,25,28). The third kappa shape index (κ3) is 7.58. The first-order chi connectivity index (χ1) is 14.0. The van der Waals surface area contributed by atoms with Crippen LogP contribution in [-0.4, -0.2) is 43.0 Å². The molecule has 0 heterocycles. The van der Waals surface area contributed by atoms with E-state index in [1.54, 1.807) is 0 Å². The second-order valence-corrected chi connectivity index (χ2v) is 6.79. The van der Waals surface area contributed by atoms with Crippen LogP contribution in [-0.2, 0) is 9.59 Å². The predicted octanol–water partition coefficient (Wildman–Crippen LogP) is 3.61. The Morgan fingerprint density at radius 3 is 2.31 bits per heavy atom. The SMILES string of the molecule is CCN(CC)CCOc1ccccc1NC(=O)CC(NC(C)=O)c1ccccc1. The summed E-state index contributed by atoms with van der Waals surface area (Å²) in [5.74, 6) is 0.281. The van der Waals surface area contributed by atoms with Gasteiger partial charge in [-0.3, -0.25) is 9.59 Å². The topological polar surface area (TPSA) is 70.7 Å². The minimum Gasteiger partial charge on any atom is -0.490 e. The molecule has 6 heteroatoms. The fraction of sp³-hybridized carbons (Fsp3) is 0.391. The third-order valence-corrected chi connectivity index (χ3v) is 4.69. The number of anilines is 1. The highest BCUT2D eigenvalue weighted by atomic mass is 16.5. The molecule has 2 N–H and O–H groups in total. The van der Waals surface area contributed by atoms with Gasteiger partial charge < -0.3 is 20.3 Å². The van der Waals surface area contributed by atoms with Crippen LogP contribution in [0.2, 0.25) is 0 Å². The van der Waals surface area contributed by atoms with Gasteiger partial charge in [-0.25, -0.2) is 0 Å². The second-order valence-electron chi connectivity index (χ2n) is 6.79. The zero-order chi connectivity index (χ0) is 21.1. The summed E-state index contributed by atoms with van der Waals surface area (Å²) in [6.45, 7) is 9.02. The molecule has 2 aromatic rings. The molecule has 2 aromatic carbocycles. The van der Waals surface area contributed by atoms with Crippen molar-refractivity contribution in [3.63, 3.8) is 0 Å². The number of likely N-dealkylation sites (N-methyl/N-ethyl adjacent to an activating group) is 1. The van der Waals surface area contributed by atoms with Crippen molar-refractivity contribution in [3.8, 4) is 5.75 Å². The summed E-state index contributed by atoms with van der Waals surface area (Å²) in [7, 11) is 0. The highest BCUT2D eigenvalue weighted by molar-refractivity contribution is 5.93. The van der Waals surface area contributed by atoms with Crippen LogP contribution in [0.25, 0.3) is 0 Å². The highest BCUT2D eigenvalue weighted by Crippen LogP contribution is 2.25. The summed E-state index contributed by atoms with van der Waals surface area (Å²) in [5, 5.41) is 5.77. The van der Waals surface area contributed by atoms with Crippen LogP contribution in [0.1, 0.15) is 38.8 Å². The van der Waals surface area contributed by atoms with Crippen LogP contribution in [0.4, 0.5) is 5.69 Å². The Labute approximate surface area is 173 Å². The summed E-state index contributed by atoms with van der Waals surface area (Å²) in [6, 6.07) is 16.5. The molecular weight excluding hydrogens is 366 g/mol. The second kappa shape index (κ2) is 11.9. The van der Waals surface area contributed by atoms with Crippen molar-refractivity contribution in [1.29, 1.82) is 0 Å². The predicted molar refractivity (Wildman–Crippen MR) is 116 cm³/mol. The first kappa shape index (κ1) is 22.4. The van der Waals surface area contributed by atoms with Crippen molar-refractivity contribution in [2.75, 3.05) is 31.6 Å². The molecule has 156 valence electrons. The number of nitrogens with one attached hydrogen (secondary N) is 2. The minimum atomic E-state index is -0.385. The molecular formula is C23H31N3O3. The van der Waals surface area contributed by atoms with Crippen molar-refractivity contribution in [2.45, 2.75) is 33.2 Å². The average Bonchev–Trinajstić information content (AvgIpc) is 2.72. The van der Waals surface area contributed by atoms with E-state index in [-0.39, 0.29) is 24.3 Å². The number of ether oxygens (including phenoxy) is 1. The minimum absolute atomic E-state index is 0.136. The number of hydrogen-bond acceptors (Lipinski definition) is 4. The number of para-hydroxylation sites is 2. The van der Waals surface area contributed by atoms with E-state index in [1.165, 1.54) is 6.92 Å². The van der Waals surface area contributed by atoms with Gasteiger partial charge in [-0.2, -0.15) is 0 Å². The number of carbonyl (C=O) groups excluding carboxylic acids is 2. The fourth-order valence-electron chi connectivity index (χ4n) is 3.09. The zero-order valence-corrected chi connectivity index (χ0v) is 17.5. The van der Waals surface area contributed by atoms with Crippen molar-refractivity contribution >= 4 is 17.5 Å². The monoisotopic (exact) mass is 397 g/mol. The molecule has 0 fully saturated rings. The molecule has 0 bridgehead atoms. The number of nitrogens with zero attached hydrogens (tertiary/aromatic N) is 1. The first-order valence-electron chi connectivity index (χ1n) is 10.1. The molecule has 1 atom stereocenters. The molecule has 1 unspecified atom stereocenters. The van der Waals surface area contributed by atoms with Gasteiger partial charge in [0.25, 0.3) is 0 Å². The molecule has 0 spiro atoms. The van der Waals surface area contributed by atoms with E-state index in [1.807, 2.05) is 54.6 Å². The first-order valence-corrected chi connectivity index (χ1v) is 10.1. The summed E-state index contributed by atoms with van der Waals surface area (Å²) >= 11 is 0. The van der Waals surface area contributed by atoms with E-state index in [4.69, 9.17) is 4.74 Å². The fourth-order valence-corrected chi connectivity index (χ4v) is 3.09. The Balaban J connectivity index is 2.01. The van der Waals surface area contributed by atoms with Crippen molar-refractivity contribution < 1.29 is 14.3 Å². The number of amides is 2. The Bertz CT molecular complexity index is 776. The van der Waals surface area contributed by atoms with Crippen LogP contribution >= 0.6 is 0 Å². The van der Waals surface area contributed by atoms with E-state index < -0.39 is 0 Å². The van der Waals surface area contributed by atoms with Crippen LogP contribution in [0, 0.1) is 0 Å².